The molecule has 2 heterocycles. The Morgan fingerprint density at radius 1 is 1.17 bits per heavy atom. The van der Waals surface area contributed by atoms with E-state index in [-0.39, 0.29) is 18.4 Å². The van der Waals surface area contributed by atoms with Crippen LogP contribution in [-0.4, -0.2) is 40.7 Å². The van der Waals surface area contributed by atoms with Gasteiger partial charge < -0.3 is 9.64 Å². The Hall–Kier alpha value is -2.35. The number of hydrogen-bond acceptors (Lipinski definition) is 5. The first kappa shape index (κ1) is 20.9. The number of carbonyl (C=O) groups is 2. The molecule has 0 N–H and O–H groups in total. The van der Waals surface area contributed by atoms with E-state index in [9.17, 15) is 9.59 Å². The van der Waals surface area contributed by atoms with Crippen LogP contribution in [0.15, 0.2) is 53.4 Å². The Morgan fingerprint density at radius 3 is 2.63 bits per heavy atom. The quantitative estimate of drug-likeness (QED) is 0.478. The Bertz CT molecular complexity index is 1020. The maximum atomic E-state index is 12.9. The van der Waals surface area contributed by atoms with Gasteiger partial charge in [0.1, 0.15) is 5.75 Å². The molecule has 0 radical (unpaired) electrons. The summed E-state index contributed by atoms with van der Waals surface area (Å²) in [5.41, 5.74) is 1.49. The number of benzene rings is 2. The first-order valence-electron chi connectivity index (χ1n) is 9.55. The zero-order valence-corrected chi connectivity index (χ0v) is 18.4. The first-order valence-corrected chi connectivity index (χ1v) is 11.2. The molecule has 0 unspecified atom stereocenters. The number of nitrogens with zero attached hydrogens (tertiary/aromatic N) is 2. The van der Waals surface area contributed by atoms with Gasteiger partial charge in [-0.2, -0.15) is 0 Å². The maximum absolute atomic E-state index is 12.9. The summed E-state index contributed by atoms with van der Waals surface area (Å²) >= 11 is 12.6. The van der Waals surface area contributed by atoms with E-state index in [1.165, 1.54) is 16.7 Å². The fourth-order valence-electron chi connectivity index (χ4n) is 3.33. The van der Waals surface area contributed by atoms with Gasteiger partial charge in [0.25, 0.3) is 11.8 Å². The van der Waals surface area contributed by atoms with Crippen molar-refractivity contribution in [2.75, 3.05) is 24.6 Å². The lowest BCUT2D eigenvalue weighted by molar-refractivity contribution is -0.132. The number of likely N-dealkylation sites (tertiary alicyclic amines) is 1. The molecule has 5 nitrogen and oxygen atoms in total. The van der Waals surface area contributed by atoms with Gasteiger partial charge in [0.2, 0.25) is 0 Å². The first-order chi connectivity index (χ1) is 14.5. The van der Waals surface area contributed by atoms with Gasteiger partial charge in [0, 0.05) is 18.1 Å². The van der Waals surface area contributed by atoms with Crippen LogP contribution < -0.4 is 9.64 Å². The minimum atomic E-state index is -0.178. The van der Waals surface area contributed by atoms with Crippen LogP contribution >= 0.6 is 35.6 Å². The number of anilines is 1. The average molecular weight is 459 g/mol. The van der Waals surface area contributed by atoms with Crippen LogP contribution in [0, 0.1) is 0 Å². The fourth-order valence-corrected chi connectivity index (χ4v) is 4.75. The number of ether oxygens (including phenoxy) is 1. The number of thioether (sulfide) groups is 1. The topological polar surface area (TPSA) is 49.9 Å². The molecule has 2 fully saturated rings. The third-order valence-corrected chi connectivity index (χ3v) is 6.41. The van der Waals surface area contributed by atoms with Crippen molar-refractivity contribution in [3.8, 4) is 5.75 Å². The van der Waals surface area contributed by atoms with Gasteiger partial charge in [-0.3, -0.25) is 14.5 Å². The molecule has 0 atom stereocenters. The largest absolute Gasteiger partial charge is 0.484 e. The Morgan fingerprint density at radius 2 is 1.90 bits per heavy atom. The van der Waals surface area contributed by atoms with E-state index in [1.54, 1.807) is 36.4 Å². The Kier molecular flexibility index (Phi) is 6.41. The monoisotopic (exact) mass is 458 g/mol. The summed E-state index contributed by atoms with van der Waals surface area (Å²) in [4.78, 5) is 28.9. The van der Waals surface area contributed by atoms with Crippen molar-refractivity contribution in [3.05, 3.63) is 64.0 Å². The van der Waals surface area contributed by atoms with E-state index < -0.39 is 0 Å². The minimum Gasteiger partial charge on any atom is -0.484 e. The van der Waals surface area contributed by atoms with Crippen molar-refractivity contribution in [2.45, 2.75) is 12.8 Å². The van der Waals surface area contributed by atoms with Crippen molar-refractivity contribution in [1.29, 1.82) is 0 Å². The van der Waals surface area contributed by atoms with Gasteiger partial charge in [-0.05, 0) is 60.9 Å². The van der Waals surface area contributed by atoms with Gasteiger partial charge in [-0.25, -0.2) is 0 Å². The fraction of sp³-hybridized carbons (Fsp3) is 0.227. The van der Waals surface area contributed by atoms with E-state index >= 15 is 0 Å². The summed E-state index contributed by atoms with van der Waals surface area (Å²) in [5.74, 6) is 0.411. The molecule has 0 aromatic heterocycles. The van der Waals surface area contributed by atoms with Crippen LogP contribution in [0.5, 0.6) is 5.75 Å². The number of carbonyl (C=O) groups excluding carboxylic acids is 2. The SMILES string of the molecule is O=C(COc1cccc(/C=C2\SC(=S)N(c3ccc(Cl)cc3)C2=O)c1)N1CCCC1. The highest BCUT2D eigenvalue weighted by Crippen LogP contribution is 2.36. The van der Waals surface area contributed by atoms with Crippen molar-refractivity contribution in [2.24, 2.45) is 0 Å². The minimum absolute atomic E-state index is 0.00161. The zero-order chi connectivity index (χ0) is 21.1. The number of halogens is 1. The molecule has 8 heteroatoms. The van der Waals surface area contributed by atoms with Crippen LogP contribution in [0.3, 0.4) is 0 Å². The molecule has 0 bridgehead atoms. The maximum Gasteiger partial charge on any atom is 0.270 e. The number of rotatable bonds is 5. The summed E-state index contributed by atoms with van der Waals surface area (Å²) in [6.45, 7) is 1.62. The molecule has 2 saturated heterocycles. The molecular formula is C22H19ClN2O3S2. The van der Waals surface area contributed by atoms with Gasteiger partial charge in [-0.15, -0.1) is 0 Å². The molecule has 0 saturated carbocycles. The van der Waals surface area contributed by atoms with Gasteiger partial charge in [-0.1, -0.05) is 47.7 Å². The van der Waals surface area contributed by atoms with E-state index in [2.05, 4.69) is 0 Å². The highest BCUT2D eigenvalue weighted by molar-refractivity contribution is 8.27. The summed E-state index contributed by atoms with van der Waals surface area (Å²) in [5, 5.41) is 0.597. The van der Waals surface area contributed by atoms with Crippen LogP contribution in [0.2, 0.25) is 5.02 Å². The number of amides is 2. The third-order valence-electron chi connectivity index (χ3n) is 4.86. The molecule has 2 aliphatic rings. The summed E-state index contributed by atoms with van der Waals surface area (Å²) in [7, 11) is 0. The predicted octanol–water partition coefficient (Wildman–Crippen LogP) is 4.75. The van der Waals surface area contributed by atoms with Crippen LogP contribution in [0.4, 0.5) is 5.69 Å². The van der Waals surface area contributed by atoms with E-state index in [0.29, 0.717) is 25.7 Å². The zero-order valence-electron chi connectivity index (χ0n) is 16.0. The second kappa shape index (κ2) is 9.20. The van der Waals surface area contributed by atoms with E-state index in [1.807, 2.05) is 23.1 Å². The van der Waals surface area contributed by atoms with E-state index in [4.69, 9.17) is 28.6 Å². The van der Waals surface area contributed by atoms with Gasteiger partial charge >= 0.3 is 0 Å². The number of hydrogen-bond donors (Lipinski definition) is 0. The van der Waals surface area contributed by atoms with Gasteiger partial charge in [0.05, 0.1) is 10.6 Å². The van der Waals surface area contributed by atoms with Crippen molar-refractivity contribution >= 4 is 63.5 Å². The van der Waals surface area contributed by atoms with Crippen LogP contribution in [-0.2, 0) is 9.59 Å². The predicted molar refractivity (Wildman–Crippen MR) is 125 cm³/mol. The smallest absolute Gasteiger partial charge is 0.270 e. The van der Waals surface area contributed by atoms with Crippen molar-refractivity contribution < 1.29 is 14.3 Å². The molecule has 30 heavy (non-hydrogen) atoms. The lowest BCUT2D eigenvalue weighted by atomic mass is 10.2. The molecule has 154 valence electrons. The second-order valence-electron chi connectivity index (χ2n) is 6.94. The molecule has 2 aliphatic heterocycles. The Balaban J connectivity index is 1.46. The Labute approximate surface area is 189 Å². The lowest BCUT2D eigenvalue weighted by Gasteiger charge is -2.15. The second-order valence-corrected chi connectivity index (χ2v) is 9.05. The van der Waals surface area contributed by atoms with Gasteiger partial charge in [0.15, 0.2) is 10.9 Å². The molecule has 2 aromatic carbocycles. The summed E-state index contributed by atoms with van der Waals surface area (Å²) in [6, 6.07) is 14.3. The molecule has 4 rings (SSSR count). The molecule has 2 aromatic rings. The molecule has 2 amide bonds. The standard InChI is InChI=1S/C22H19ClN2O3S2/c23-16-6-8-17(9-7-16)25-21(27)19(30-22(25)29)13-15-4-3-5-18(12-15)28-14-20(26)24-10-1-2-11-24/h3-9,12-13H,1-2,10-11,14H2/b19-13-. The molecule has 0 spiro atoms. The summed E-state index contributed by atoms with van der Waals surface area (Å²) in [6.07, 6.45) is 3.88. The average Bonchev–Trinajstić information content (AvgIpc) is 3.36. The van der Waals surface area contributed by atoms with E-state index in [0.717, 1.165) is 31.5 Å². The molecular weight excluding hydrogens is 440 g/mol. The van der Waals surface area contributed by atoms with Crippen LogP contribution in [0.25, 0.3) is 6.08 Å². The van der Waals surface area contributed by atoms with Crippen molar-refractivity contribution in [1.82, 2.24) is 4.90 Å². The highest BCUT2D eigenvalue weighted by atomic mass is 35.5. The number of thiocarbonyl (C=S) groups is 1. The normalized spacial score (nSPS) is 17.8. The molecule has 0 aliphatic carbocycles. The summed E-state index contributed by atoms with van der Waals surface area (Å²) < 4.78 is 6.14. The van der Waals surface area contributed by atoms with Crippen molar-refractivity contribution in [3.63, 3.8) is 0 Å². The third kappa shape index (κ3) is 4.69. The van der Waals surface area contributed by atoms with Crippen LogP contribution in [0.1, 0.15) is 18.4 Å². The highest BCUT2D eigenvalue weighted by Gasteiger charge is 2.33. The lowest BCUT2D eigenvalue weighted by Crippen LogP contribution is -2.32.